The lowest BCUT2D eigenvalue weighted by Crippen LogP contribution is -2.36. The summed E-state index contributed by atoms with van der Waals surface area (Å²) in [6, 6.07) is 0. The first-order valence-electron chi connectivity index (χ1n) is 6.31. The van der Waals surface area contributed by atoms with E-state index in [1.807, 2.05) is 0 Å². The summed E-state index contributed by atoms with van der Waals surface area (Å²) < 4.78 is 5.41. The monoisotopic (exact) mass is 230 g/mol. The molecule has 0 N–H and O–H groups in total. The molecule has 1 aliphatic heterocycles. The molecule has 0 spiro atoms. The van der Waals surface area contributed by atoms with Crippen LogP contribution >= 0.6 is 0 Å². The van der Waals surface area contributed by atoms with Gasteiger partial charge in [-0.1, -0.05) is 31.7 Å². The van der Waals surface area contributed by atoms with E-state index in [4.69, 9.17) is 4.74 Å². The van der Waals surface area contributed by atoms with Gasteiger partial charge in [0.1, 0.15) is 6.10 Å². The molecule has 90 valence electrons. The van der Waals surface area contributed by atoms with Crippen molar-refractivity contribution in [1.82, 2.24) is 0 Å². The molecular formula is C15H18O2. The molecule has 3 atom stereocenters. The summed E-state index contributed by atoms with van der Waals surface area (Å²) in [4.78, 5) is 11.6. The predicted octanol–water partition coefficient (Wildman–Crippen LogP) is 3.16. The Kier molecular flexibility index (Phi) is 2.13. The van der Waals surface area contributed by atoms with Gasteiger partial charge in [0.15, 0.2) is 0 Å². The largest absolute Gasteiger partial charge is 0.458 e. The van der Waals surface area contributed by atoms with Crippen LogP contribution in [0.4, 0.5) is 0 Å². The quantitative estimate of drug-likeness (QED) is 0.472. The molecule has 3 rings (SSSR count). The maximum absolute atomic E-state index is 11.6. The van der Waals surface area contributed by atoms with Crippen molar-refractivity contribution >= 4 is 5.97 Å². The highest BCUT2D eigenvalue weighted by molar-refractivity contribution is 5.91. The Morgan fingerprint density at radius 3 is 3.00 bits per heavy atom. The Bertz CT molecular complexity index is 458. The normalized spacial score (nSPS) is 40.5. The maximum Gasteiger partial charge on any atom is 0.334 e. The van der Waals surface area contributed by atoms with Crippen molar-refractivity contribution < 1.29 is 9.53 Å². The van der Waals surface area contributed by atoms with Crippen LogP contribution in [0.25, 0.3) is 0 Å². The molecule has 0 aromatic rings. The van der Waals surface area contributed by atoms with E-state index in [2.05, 4.69) is 26.2 Å². The van der Waals surface area contributed by atoms with E-state index in [9.17, 15) is 4.79 Å². The second kappa shape index (κ2) is 3.34. The highest BCUT2D eigenvalue weighted by Crippen LogP contribution is 2.53. The van der Waals surface area contributed by atoms with Crippen molar-refractivity contribution in [2.24, 2.45) is 11.3 Å². The van der Waals surface area contributed by atoms with Crippen LogP contribution in [0.3, 0.4) is 0 Å². The fraction of sp³-hybridized carbons (Fsp3) is 0.533. The number of fused-ring (bicyclic) bond motifs is 2. The molecule has 1 heterocycles. The van der Waals surface area contributed by atoms with Crippen LogP contribution in [0.1, 0.15) is 32.6 Å². The molecule has 0 unspecified atom stereocenters. The number of allylic oxidation sites excluding steroid dienone is 2. The topological polar surface area (TPSA) is 26.3 Å². The van der Waals surface area contributed by atoms with Crippen LogP contribution in [0.15, 0.2) is 36.0 Å². The van der Waals surface area contributed by atoms with Crippen LogP contribution in [0, 0.1) is 11.3 Å². The van der Waals surface area contributed by atoms with Gasteiger partial charge in [0.05, 0.1) is 0 Å². The Morgan fingerprint density at radius 1 is 1.47 bits per heavy atom. The molecule has 0 bridgehead atoms. The smallest absolute Gasteiger partial charge is 0.334 e. The number of hydrogen-bond donors (Lipinski definition) is 0. The third-order valence-corrected chi connectivity index (χ3v) is 4.56. The van der Waals surface area contributed by atoms with Gasteiger partial charge < -0.3 is 4.74 Å². The first-order chi connectivity index (χ1) is 8.01. The molecule has 0 radical (unpaired) electrons. The number of carbonyl (C=O) groups excluding carboxylic acids is 1. The highest BCUT2D eigenvalue weighted by Gasteiger charge is 2.48. The molecule has 3 aliphatic rings. The van der Waals surface area contributed by atoms with Crippen LogP contribution in [0.2, 0.25) is 0 Å². The summed E-state index contributed by atoms with van der Waals surface area (Å²) in [7, 11) is 0. The minimum absolute atomic E-state index is 0.00894. The van der Waals surface area contributed by atoms with E-state index in [-0.39, 0.29) is 23.4 Å². The molecule has 2 heteroatoms. The Labute approximate surface area is 102 Å². The lowest BCUT2D eigenvalue weighted by Gasteiger charge is -2.43. The molecule has 1 saturated heterocycles. The maximum atomic E-state index is 11.6. The molecule has 2 aliphatic carbocycles. The van der Waals surface area contributed by atoms with Crippen LogP contribution in [-0.4, -0.2) is 12.1 Å². The first-order valence-corrected chi connectivity index (χ1v) is 6.31. The summed E-state index contributed by atoms with van der Waals surface area (Å²) in [5.74, 6) is -0.134. The van der Waals surface area contributed by atoms with Crippen molar-refractivity contribution in [2.45, 2.75) is 38.7 Å². The lowest BCUT2D eigenvalue weighted by molar-refractivity contribution is -0.140. The molecule has 17 heavy (non-hydrogen) atoms. The van der Waals surface area contributed by atoms with E-state index in [0.717, 1.165) is 12.8 Å². The van der Waals surface area contributed by atoms with Gasteiger partial charge in [-0.25, -0.2) is 4.79 Å². The number of hydrogen-bond acceptors (Lipinski definition) is 2. The van der Waals surface area contributed by atoms with Gasteiger partial charge >= 0.3 is 5.97 Å². The molecular weight excluding hydrogens is 212 g/mol. The molecule has 0 aromatic carbocycles. The molecule has 0 aromatic heterocycles. The summed E-state index contributed by atoms with van der Waals surface area (Å²) >= 11 is 0. The van der Waals surface area contributed by atoms with Crippen molar-refractivity contribution in [2.75, 3.05) is 0 Å². The Hall–Kier alpha value is -1.31. The molecule has 1 saturated carbocycles. The van der Waals surface area contributed by atoms with Crippen LogP contribution < -0.4 is 0 Å². The predicted molar refractivity (Wildman–Crippen MR) is 66.3 cm³/mol. The third-order valence-electron chi connectivity index (χ3n) is 4.56. The van der Waals surface area contributed by atoms with Crippen molar-refractivity contribution in [1.29, 1.82) is 0 Å². The third kappa shape index (κ3) is 1.43. The standard InChI is InChI=1S/C15H18O2/c1-9-5-4-6-15(3)8-13-11(7-12(9)15)10(2)14(16)17-13/h7,11,13H,1-2,4-6,8H2,3H3/t11-,13-,15-/m1/s1. The second-order valence-electron chi connectivity index (χ2n) is 5.80. The fourth-order valence-corrected chi connectivity index (χ4v) is 3.57. The number of ether oxygens (including phenoxy) is 1. The Balaban J connectivity index is 2.04. The van der Waals surface area contributed by atoms with E-state index in [1.165, 1.54) is 24.0 Å². The highest BCUT2D eigenvalue weighted by atomic mass is 16.6. The van der Waals surface area contributed by atoms with Gasteiger partial charge in [0.2, 0.25) is 0 Å². The summed E-state index contributed by atoms with van der Waals surface area (Å²) in [5.41, 5.74) is 3.36. The van der Waals surface area contributed by atoms with E-state index >= 15 is 0 Å². The molecule has 2 nitrogen and oxygen atoms in total. The average molecular weight is 230 g/mol. The zero-order chi connectivity index (χ0) is 12.2. The van der Waals surface area contributed by atoms with Crippen LogP contribution in [-0.2, 0) is 9.53 Å². The van der Waals surface area contributed by atoms with Gasteiger partial charge in [-0.05, 0) is 36.7 Å². The minimum Gasteiger partial charge on any atom is -0.458 e. The van der Waals surface area contributed by atoms with E-state index in [1.54, 1.807) is 0 Å². The summed E-state index contributed by atoms with van der Waals surface area (Å²) in [6.07, 6.45) is 6.58. The van der Waals surface area contributed by atoms with Gasteiger partial charge in [-0.15, -0.1) is 0 Å². The number of rotatable bonds is 0. The second-order valence-corrected chi connectivity index (χ2v) is 5.80. The van der Waals surface area contributed by atoms with Crippen molar-refractivity contribution in [3.05, 3.63) is 36.0 Å². The zero-order valence-corrected chi connectivity index (χ0v) is 10.3. The van der Waals surface area contributed by atoms with Gasteiger partial charge in [-0.2, -0.15) is 0 Å². The van der Waals surface area contributed by atoms with Crippen molar-refractivity contribution in [3.63, 3.8) is 0 Å². The number of esters is 1. The molecule has 0 amide bonds. The number of carbonyl (C=O) groups is 1. The van der Waals surface area contributed by atoms with E-state index in [0.29, 0.717) is 5.57 Å². The Morgan fingerprint density at radius 2 is 2.24 bits per heavy atom. The van der Waals surface area contributed by atoms with Gasteiger partial charge in [-0.3, -0.25) is 0 Å². The minimum atomic E-state index is -0.218. The summed E-state index contributed by atoms with van der Waals surface area (Å²) in [6.45, 7) is 10.3. The summed E-state index contributed by atoms with van der Waals surface area (Å²) in [5, 5.41) is 0. The van der Waals surface area contributed by atoms with Gasteiger partial charge in [0.25, 0.3) is 0 Å². The molecule has 2 fully saturated rings. The van der Waals surface area contributed by atoms with Crippen molar-refractivity contribution in [3.8, 4) is 0 Å². The zero-order valence-electron chi connectivity index (χ0n) is 10.3. The van der Waals surface area contributed by atoms with Crippen LogP contribution in [0.5, 0.6) is 0 Å². The fourth-order valence-electron chi connectivity index (χ4n) is 3.57. The first kappa shape index (κ1) is 10.8. The lowest BCUT2D eigenvalue weighted by atomic mass is 9.62. The SMILES string of the molecule is C=C1CCC[C@]2(C)C[C@H]3OC(=O)C(=C)[C@H]3C=C12. The van der Waals surface area contributed by atoms with E-state index < -0.39 is 0 Å². The van der Waals surface area contributed by atoms with Gasteiger partial charge in [0, 0.05) is 11.5 Å². The average Bonchev–Trinajstić information content (AvgIpc) is 2.52.